The van der Waals surface area contributed by atoms with Crippen molar-refractivity contribution in [1.29, 1.82) is 0 Å². The zero-order valence-corrected chi connectivity index (χ0v) is 35.7. The van der Waals surface area contributed by atoms with Crippen LogP contribution in [-0.2, 0) is 18.3 Å². The molecule has 4 aliphatic rings. The highest BCUT2D eigenvalue weighted by Crippen LogP contribution is 2.64. The van der Waals surface area contributed by atoms with Gasteiger partial charge in [-0.15, -0.1) is 0 Å². The van der Waals surface area contributed by atoms with Crippen LogP contribution in [0.25, 0.3) is 45.2 Å². The minimum absolute atomic E-state index is 0.484. The van der Waals surface area contributed by atoms with Crippen LogP contribution in [0.2, 0.25) is 0 Å². The zero-order valence-electron chi connectivity index (χ0n) is 35.7. The van der Waals surface area contributed by atoms with Gasteiger partial charge in [-0.05, 0) is 132 Å². The Labute approximate surface area is 379 Å². The van der Waals surface area contributed by atoms with Crippen molar-refractivity contribution in [3.05, 3.63) is 274 Å². The van der Waals surface area contributed by atoms with Crippen molar-refractivity contribution in [3.8, 4) is 22.3 Å². The maximum Gasteiger partial charge on any atom is 0.0726 e. The number of fused-ring (bicyclic) bond motifs is 15. The molecule has 14 rings (SSSR count). The van der Waals surface area contributed by atoms with E-state index in [9.17, 15) is 0 Å². The maximum absolute atomic E-state index is 2.51. The molecule has 2 aliphatic heterocycles. The number of anilines is 6. The molecule has 0 N–H and O–H groups in total. The Morgan fingerprint density at radius 2 is 0.785 bits per heavy atom. The molecular formula is C63H42N2. The third-order valence-electron chi connectivity index (χ3n) is 14.7. The number of hydrogen-bond acceptors (Lipinski definition) is 2. The topological polar surface area (TPSA) is 6.48 Å². The van der Waals surface area contributed by atoms with Gasteiger partial charge >= 0.3 is 0 Å². The standard InChI is InChI=1S/C63H42N2/c1-11-25-58-43(15-1)38-44-16-2-12-26-59(44)64(58)47-33-35-52-51-34-30-41(37-56(51)63(57(52)40-47)54-23-9-7-20-49(54)50-21-8-10-24-55(50)63)29-31-42-32-36-62(53-22-6-5-19-48(42)53)65-60-27-13-3-17-45(60)39-46-18-4-14-28-61(46)65/h1-37,40H,38-39H2. The normalized spacial score (nSPS) is 14.3. The first kappa shape index (κ1) is 36.3. The summed E-state index contributed by atoms with van der Waals surface area (Å²) in [6.45, 7) is 0. The van der Waals surface area contributed by atoms with Gasteiger partial charge in [0, 0.05) is 46.7 Å². The molecule has 0 unspecified atom stereocenters. The molecule has 10 aromatic carbocycles. The summed E-state index contributed by atoms with van der Waals surface area (Å²) in [5.74, 6) is 0. The van der Waals surface area contributed by atoms with Gasteiger partial charge in [0.05, 0.1) is 11.1 Å². The molecule has 2 nitrogen and oxygen atoms in total. The van der Waals surface area contributed by atoms with Crippen LogP contribution in [0, 0.1) is 0 Å². The smallest absolute Gasteiger partial charge is 0.0726 e. The van der Waals surface area contributed by atoms with Gasteiger partial charge in [-0.3, -0.25) is 0 Å². The number of benzene rings is 10. The summed E-state index contributed by atoms with van der Waals surface area (Å²) in [5.41, 5.74) is 25.3. The predicted molar refractivity (Wildman–Crippen MR) is 271 cm³/mol. The zero-order chi connectivity index (χ0) is 42.6. The molecule has 65 heavy (non-hydrogen) atoms. The second-order valence-electron chi connectivity index (χ2n) is 18.0. The van der Waals surface area contributed by atoms with Crippen LogP contribution in [-0.4, -0.2) is 0 Å². The number of para-hydroxylation sites is 4. The van der Waals surface area contributed by atoms with E-state index in [-0.39, 0.29) is 0 Å². The van der Waals surface area contributed by atoms with E-state index in [4.69, 9.17) is 0 Å². The van der Waals surface area contributed by atoms with E-state index < -0.39 is 5.41 Å². The van der Waals surface area contributed by atoms with E-state index >= 15 is 0 Å². The summed E-state index contributed by atoms with van der Waals surface area (Å²) in [5, 5.41) is 2.47. The summed E-state index contributed by atoms with van der Waals surface area (Å²) < 4.78 is 0. The third-order valence-corrected chi connectivity index (χ3v) is 14.7. The fraction of sp³-hybridized carbons (Fsp3) is 0.0476. The molecule has 0 bridgehead atoms. The maximum atomic E-state index is 2.51. The Morgan fingerprint density at radius 1 is 0.323 bits per heavy atom. The second kappa shape index (κ2) is 13.9. The Hall–Kier alpha value is -8.20. The summed E-state index contributed by atoms with van der Waals surface area (Å²) in [6.07, 6.45) is 6.51. The average Bonchev–Trinajstić information content (AvgIpc) is 3.83. The Bertz CT molecular complexity index is 3510. The van der Waals surface area contributed by atoms with Crippen molar-refractivity contribution in [1.82, 2.24) is 0 Å². The van der Waals surface area contributed by atoms with Crippen LogP contribution < -0.4 is 9.80 Å². The molecule has 2 heterocycles. The van der Waals surface area contributed by atoms with Crippen LogP contribution in [0.3, 0.4) is 0 Å². The number of hydrogen-bond donors (Lipinski definition) is 0. The SMILES string of the molecule is C(=Cc1ccc(N2c3ccccc3Cc3ccccc32)c2ccccc12)c1ccc2c(c1)C1(c3ccccc3-c3ccccc31)c1cc(N3c4ccccc4Cc4ccccc43)ccc1-2. The van der Waals surface area contributed by atoms with Crippen LogP contribution in [0.5, 0.6) is 0 Å². The molecule has 0 aromatic heterocycles. The van der Waals surface area contributed by atoms with E-state index in [2.05, 4.69) is 240 Å². The Morgan fingerprint density at radius 3 is 1.38 bits per heavy atom. The van der Waals surface area contributed by atoms with E-state index in [1.54, 1.807) is 0 Å². The molecular weight excluding hydrogens is 785 g/mol. The summed E-state index contributed by atoms with van der Waals surface area (Å²) in [4.78, 5) is 4.96. The van der Waals surface area contributed by atoms with Crippen molar-refractivity contribution >= 4 is 57.0 Å². The molecule has 0 radical (unpaired) electrons. The molecule has 0 atom stereocenters. The molecule has 0 fully saturated rings. The van der Waals surface area contributed by atoms with Crippen molar-refractivity contribution in [2.24, 2.45) is 0 Å². The number of nitrogens with zero attached hydrogens (tertiary/aromatic N) is 2. The third kappa shape index (κ3) is 5.17. The first-order valence-corrected chi connectivity index (χ1v) is 22.8. The quantitative estimate of drug-likeness (QED) is 0.163. The van der Waals surface area contributed by atoms with E-state index in [0.717, 1.165) is 12.8 Å². The molecule has 0 saturated heterocycles. The van der Waals surface area contributed by atoms with E-state index in [1.165, 1.54) is 123 Å². The van der Waals surface area contributed by atoms with Crippen LogP contribution in [0.1, 0.15) is 55.6 Å². The van der Waals surface area contributed by atoms with Crippen molar-refractivity contribution in [2.75, 3.05) is 9.80 Å². The molecule has 2 heteroatoms. The van der Waals surface area contributed by atoms with Crippen molar-refractivity contribution in [3.63, 3.8) is 0 Å². The van der Waals surface area contributed by atoms with Crippen LogP contribution >= 0.6 is 0 Å². The largest absolute Gasteiger partial charge is 0.310 e. The Kier molecular flexibility index (Phi) is 7.76. The molecule has 1 spiro atoms. The van der Waals surface area contributed by atoms with E-state index in [1.807, 2.05) is 0 Å². The fourth-order valence-corrected chi connectivity index (χ4v) is 11.9. The highest BCUT2D eigenvalue weighted by molar-refractivity contribution is 6.05. The minimum Gasteiger partial charge on any atom is -0.310 e. The summed E-state index contributed by atoms with van der Waals surface area (Å²) in [6, 6.07) is 81.7. The molecule has 304 valence electrons. The number of rotatable bonds is 4. The monoisotopic (exact) mass is 826 g/mol. The van der Waals surface area contributed by atoms with Gasteiger partial charge in [-0.2, -0.15) is 0 Å². The van der Waals surface area contributed by atoms with Gasteiger partial charge in [0.25, 0.3) is 0 Å². The van der Waals surface area contributed by atoms with Gasteiger partial charge in [0.1, 0.15) is 0 Å². The Balaban J connectivity index is 0.924. The first-order chi connectivity index (χ1) is 32.2. The average molecular weight is 827 g/mol. The van der Waals surface area contributed by atoms with Crippen LogP contribution in [0.4, 0.5) is 34.1 Å². The summed E-state index contributed by atoms with van der Waals surface area (Å²) >= 11 is 0. The molecule has 0 saturated carbocycles. The lowest BCUT2D eigenvalue weighted by molar-refractivity contribution is 0.793. The minimum atomic E-state index is -0.484. The second-order valence-corrected chi connectivity index (χ2v) is 18.0. The highest BCUT2D eigenvalue weighted by atomic mass is 15.2. The lowest BCUT2D eigenvalue weighted by atomic mass is 9.70. The van der Waals surface area contributed by atoms with Gasteiger partial charge in [0.2, 0.25) is 0 Å². The molecule has 0 amide bonds. The van der Waals surface area contributed by atoms with Gasteiger partial charge in [-0.25, -0.2) is 0 Å². The molecule has 2 aliphatic carbocycles. The molecule has 10 aromatic rings. The van der Waals surface area contributed by atoms with Gasteiger partial charge in [0.15, 0.2) is 0 Å². The van der Waals surface area contributed by atoms with Gasteiger partial charge in [-0.1, -0.05) is 182 Å². The van der Waals surface area contributed by atoms with Crippen molar-refractivity contribution < 1.29 is 0 Å². The first-order valence-electron chi connectivity index (χ1n) is 22.8. The predicted octanol–water partition coefficient (Wildman–Crippen LogP) is 16.1. The van der Waals surface area contributed by atoms with E-state index in [0.29, 0.717) is 0 Å². The lowest BCUT2D eigenvalue weighted by Crippen LogP contribution is -2.26. The van der Waals surface area contributed by atoms with Crippen LogP contribution in [0.15, 0.2) is 218 Å². The summed E-state index contributed by atoms with van der Waals surface area (Å²) in [7, 11) is 0. The highest BCUT2D eigenvalue weighted by Gasteiger charge is 2.52. The van der Waals surface area contributed by atoms with Crippen molar-refractivity contribution in [2.45, 2.75) is 18.3 Å². The lowest BCUT2D eigenvalue weighted by Gasteiger charge is -2.35. The van der Waals surface area contributed by atoms with Gasteiger partial charge < -0.3 is 9.80 Å². The fourth-order valence-electron chi connectivity index (χ4n) is 11.9.